The summed E-state index contributed by atoms with van der Waals surface area (Å²) < 4.78 is 0. The number of aliphatic hydroxyl groups is 1. The molecule has 4 nitrogen and oxygen atoms in total. The minimum absolute atomic E-state index is 0.580. The molecule has 1 saturated heterocycles. The average molecular weight is 144 g/mol. The van der Waals surface area contributed by atoms with Crippen molar-refractivity contribution < 1.29 is 5.11 Å². The summed E-state index contributed by atoms with van der Waals surface area (Å²) >= 11 is 0. The van der Waals surface area contributed by atoms with Crippen LogP contribution in [0.3, 0.4) is 0 Å². The van der Waals surface area contributed by atoms with Gasteiger partial charge in [-0.3, -0.25) is 5.01 Å². The van der Waals surface area contributed by atoms with Crippen LogP contribution in [-0.4, -0.2) is 28.8 Å². The highest BCUT2D eigenvalue weighted by atomic mass is 16.3. The van der Waals surface area contributed by atoms with E-state index in [9.17, 15) is 10.0 Å². The van der Waals surface area contributed by atoms with Gasteiger partial charge in [-0.05, 0) is 19.8 Å². The topological polar surface area (TPSA) is 52.9 Å². The number of piperidine rings is 1. The normalized spacial score (nSPS) is 24.4. The quantitative estimate of drug-likeness (QED) is 0.546. The van der Waals surface area contributed by atoms with E-state index in [0.29, 0.717) is 25.9 Å². The molecular formula is C6H12N2O2. The molecule has 0 amide bonds. The van der Waals surface area contributed by atoms with E-state index in [4.69, 9.17) is 0 Å². The second kappa shape index (κ2) is 2.54. The van der Waals surface area contributed by atoms with Crippen molar-refractivity contribution in [2.45, 2.75) is 25.4 Å². The van der Waals surface area contributed by atoms with E-state index >= 15 is 0 Å². The fourth-order valence-electron chi connectivity index (χ4n) is 1.06. The first-order valence-corrected chi connectivity index (χ1v) is 3.45. The van der Waals surface area contributed by atoms with E-state index in [-0.39, 0.29) is 0 Å². The summed E-state index contributed by atoms with van der Waals surface area (Å²) in [4.78, 5) is 9.97. The van der Waals surface area contributed by atoms with Crippen molar-refractivity contribution in [3.05, 3.63) is 4.91 Å². The van der Waals surface area contributed by atoms with Crippen LogP contribution in [-0.2, 0) is 0 Å². The van der Waals surface area contributed by atoms with E-state index < -0.39 is 5.60 Å². The van der Waals surface area contributed by atoms with Crippen LogP contribution in [0.4, 0.5) is 0 Å². The third-order valence-corrected chi connectivity index (χ3v) is 1.93. The fourth-order valence-corrected chi connectivity index (χ4v) is 1.06. The van der Waals surface area contributed by atoms with Crippen LogP contribution in [0.5, 0.6) is 0 Å². The molecular weight excluding hydrogens is 132 g/mol. The maximum Gasteiger partial charge on any atom is 0.0654 e. The van der Waals surface area contributed by atoms with E-state index in [0.717, 1.165) is 0 Å². The van der Waals surface area contributed by atoms with Gasteiger partial charge in [0, 0.05) is 13.1 Å². The van der Waals surface area contributed by atoms with Gasteiger partial charge in [0.2, 0.25) is 0 Å². The van der Waals surface area contributed by atoms with Gasteiger partial charge >= 0.3 is 0 Å². The lowest BCUT2D eigenvalue weighted by atomic mass is 9.95. The van der Waals surface area contributed by atoms with Gasteiger partial charge < -0.3 is 5.11 Å². The molecule has 0 saturated carbocycles. The zero-order valence-electron chi connectivity index (χ0n) is 6.08. The van der Waals surface area contributed by atoms with Crippen molar-refractivity contribution in [1.82, 2.24) is 5.01 Å². The fraction of sp³-hybridized carbons (Fsp3) is 1.00. The third-order valence-electron chi connectivity index (χ3n) is 1.93. The molecule has 0 aliphatic carbocycles. The smallest absolute Gasteiger partial charge is 0.0654 e. The van der Waals surface area contributed by atoms with Crippen LogP contribution in [0.15, 0.2) is 5.29 Å². The summed E-state index contributed by atoms with van der Waals surface area (Å²) in [6, 6.07) is 0. The molecule has 58 valence electrons. The maximum atomic E-state index is 9.97. The summed E-state index contributed by atoms with van der Waals surface area (Å²) in [6.07, 6.45) is 1.28. The molecule has 0 radical (unpaired) electrons. The predicted molar refractivity (Wildman–Crippen MR) is 37.2 cm³/mol. The first-order valence-electron chi connectivity index (χ1n) is 3.45. The summed E-state index contributed by atoms with van der Waals surface area (Å²) in [5, 5.41) is 13.6. The van der Waals surface area contributed by atoms with Crippen LogP contribution >= 0.6 is 0 Å². The second-order valence-electron chi connectivity index (χ2n) is 3.03. The molecule has 0 aromatic rings. The number of rotatable bonds is 1. The lowest BCUT2D eigenvalue weighted by molar-refractivity contribution is -0.00515. The standard InChI is InChI=1S/C6H12N2O2/c1-6(9)2-4-8(7-10)5-3-6/h9H,2-5H2,1H3. The van der Waals surface area contributed by atoms with Crippen molar-refractivity contribution >= 4 is 0 Å². The lowest BCUT2D eigenvalue weighted by Gasteiger charge is -2.32. The Morgan fingerprint density at radius 2 is 2.00 bits per heavy atom. The van der Waals surface area contributed by atoms with E-state index in [1.165, 1.54) is 5.01 Å². The molecule has 4 heteroatoms. The SMILES string of the molecule is CC1(O)CCN(N=O)CC1. The van der Waals surface area contributed by atoms with Crippen LogP contribution in [0, 0.1) is 4.91 Å². The molecule has 0 aromatic carbocycles. The maximum absolute atomic E-state index is 9.97. The minimum Gasteiger partial charge on any atom is -0.390 e. The average Bonchev–Trinajstić information content (AvgIpc) is 1.88. The van der Waals surface area contributed by atoms with E-state index in [1.54, 1.807) is 6.92 Å². The lowest BCUT2D eigenvalue weighted by Crippen LogP contribution is -2.39. The number of hydrogen-bond donors (Lipinski definition) is 1. The Bertz CT molecular complexity index is 126. The largest absolute Gasteiger partial charge is 0.390 e. The summed E-state index contributed by atoms with van der Waals surface area (Å²) in [5.74, 6) is 0. The number of nitrogens with zero attached hydrogens (tertiary/aromatic N) is 2. The zero-order chi connectivity index (χ0) is 7.61. The number of nitroso groups, excluding NO2 is 1. The zero-order valence-corrected chi connectivity index (χ0v) is 6.08. The second-order valence-corrected chi connectivity index (χ2v) is 3.03. The molecule has 10 heavy (non-hydrogen) atoms. The Kier molecular flexibility index (Phi) is 1.89. The molecule has 1 heterocycles. The van der Waals surface area contributed by atoms with Crippen molar-refractivity contribution in [1.29, 1.82) is 0 Å². The van der Waals surface area contributed by atoms with E-state index in [2.05, 4.69) is 5.29 Å². The highest BCUT2D eigenvalue weighted by molar-refractivity contribution is 4.79. The van der Waals surface area contributed by atoms with Gasteiger partial charge in [-0.15, -0.1) is 4.91 Å². The Balaban J connectivity index is 2.38. The van der Waals surface area contributed by atoms with Crippen molar-refractivity contribution in [3.63, 3.8) is 0 Å². The van der Waals surface area contributed by atoms with Crippen LogP contribution in [0.1, 0.15) is 19.8 Å². The highest BCUT2D eigenvalue weighted by Crippen LogP contribution is 2.20. The van der Waals surface area contributed by atoms with Gasteiger partial charge in [0.15, 0.2) is 0 Å². The van der Waals surface area contributed by atoms with Gasteiger partial charge in [-0.2, -0.15) is 0 Å². The van der Waals surface area contributed by atoms with E-state index in [1.807, 2.05) is 0 Å². The van der Waals surface area contributed by atoms with Crippen molar-refractivity contribution in [3.8, 4) is 0 Å². The summed E-state index contributed by atoms with van der Waals surface area (Å²) in [7, 11) is 0. The molecule has 0 spiro atoms. The molecule has 1 fully saturated rings. The highest BCUT2D eigenvalue weighted by Gasteiger charge is 2.26. The first-order chi connectivity index (χ1) is 4.64. The molecule has 1 rings (SSSR count). The van der Waals surface area contributed by atoms with Crippen LogP contribution < -0.4 is 0 Å². The van der Waals surface area contributed by atoms with Gasteiger partial charge in [-0.1, -0.05) is 0 Å². The molecule has 1 aliphatic heterocycles. The van der Waals surface area contributed by atoms with Crippen molar-refractivity contribution in [2.75, 3.05) is 13.1 Å². The Hall–Kier alpha value is -0.640. The summed E-state index contributed by atoms with van der Waals surface area (Å²) in [5.41, 5.74) is -0.582. The minimum atomic E-state index is -0.582. The van der Waals surface area contributed by atoms with Crippen LogP contribution in [0.25, 0.3) is 0 Å². The van der Waals surface area contributed by atoms with Crippen LogP contribution in [0.2, 0.25) is 0 Å². The molecule has 0 bridgehead atoms. The molecule has 0 unspecified atom stereocenters. The van der Waals surface area contributed by atoms with Gasteiger partial charge in [0.25, 0.3) is 0 Å². The predicted octanol–water partition coefficient (Wildman–Crippen LogP) is 0.515. The molecule has 0 atom stereocenters. The monoisotopic (exact) mass is 144 g/mol. The van der Waals surface area contributed by atoms with Gasteiger partial charge in [0.05, 0.1) is 10.9 Å². The Morgan fingerprint density at radius 3 is 2.40 bits per heavy atom. The number of hydrogen-bond acceptors (Lipinski definition) is 3. The van der Waals surface area contributed by atoms with Gasteiger partial charge in [-0.25, -0.2) is 0 Å². The Labute approximate surface area is 59.8 Å². The Morgan fingerprint density at radius 1 is 1.50 bits per heavy atom. The first kappa shape index (κ1) is 7.47. The molecule has 1 aliphatic rings. The van der Waals surface area contributed by atoms with Crippen molar-refractivity contribution in [2.24, 2.45) is 5.29 Å². The third kappa shape index (κ3) is 1.67. The van der Waals surface area contributed by atoms with Gasteiger partial charge in [0.1, 0.15) is 0 Å². The molecule has 1 N–H and O–H groups in total. The summed E-state index contributed by atoms with van der Waals surface area (Å²) in [6.45, 7) is 2.95. The molecule has 0 aromatic heterocycles.